The summed E-state index contributed by atoms with van der Waals surface area (Å²) < 4.78 is 0. The van der Waals surface area contributed by atoms with Crippen LogP contribution in [0, 0.1) is 6.92 Å². The van der Waals surface area contributed by atoms with Crippen LogP contribution in [-0.4, -0.2) is 92.4 Å². The van der Waals surface area contributed by atoms with Gasteiger partial charge in [-0.05, 0) is 20.8 Å². The predicted octanol–water partition coefficient (Wildman–Crippen LogP) is -3.64. The summed E-state index contributed by atoms with van der Waals surface area (Å²) in [5.74, 6) is -2.91. The standard InChI is InChI=1S/C8H11NO3.2C3H6O3.Ca.ClH/c1-5-8(12)7(4-11)6(3-10)2-9-5;2*1-2(4)3(5)6;;/h2,10-12H,3-4H2,1H3;2*2,4H,1H3,(H,5,6);;1H/q;;;+2;/p-2. The quantitative estimate of drug-likeness (QED) is 0.301. The average molecular weight is 424 g/mol. The number of aliphatic carboxylic acids is 2. The van der Waals surface area contributed by atoms with Gasteiger partial charge in [-0.1, -0.05) is 0 Å². The second-order valence-corrected chi connectivity index (χ2v) is 4.50. The molecule has 1 aromatic rings. The van der Waals surface area contributed by atoms with Gasteiger partial charge in [-0.25, -0.2) is 0 Å². The molecule has 0 spiro atoms. The smallest absolute Gasteiger partial charge is 0.547 e. The third-order valence-electron chi connectivity index (χ3n) is 2.44. The fourth-order valence-corrected chi connectivity index (χ4v) is 0.997. The van der Waals surface area contributed by atoms with Gasteiger partial charge in [0.25, 0.3) is 0 Å². The largest absolute Gasteiger partial charge is 2.00 e. The number of carbonyl (C=O) groups is 2. The fourth-order valence-electron chi connectivity index (χ4n) is 0.997. The Morgan fingerprint density at radius 2 is 1.42 bits per heavy atom. The topological polar surface area (TPSA) is 194 Å². The van der Waals surface area contributed by atoms with Gasteiger partial charge in [-0.2, -0.15) is 0 Å². The van der Waals surface area contributed by atoms with Crippen molar-refractivity contribution in [1.82, 2.24) is 4.98 Å². The van der Waals surface area contributed by atoms with E-state index in [2.05, 4.69) is 4.98 Å². The van der Waals surface area contributed by atoms with E-state index in [-0.39, 0.29) is 69.1 Å². The number of pyridine rings is 1. The molecule has 2 atom stereocenters. The van der Waals surface area contributed by atoms with Gasteiger partial charge in [0.1, 0.15) is 5.75 Å². The maximum atomic E-state index is 9.38. The zero-order valence-electron chi connectivity index (χ0n) is 14.6. The van der Waals surface area contributed by atoms with Gasteiger partial charge >= 0.3 is 37.7 Å². The number of carboxylic acid groups (broad SMARTS) is 2. The molecule has 0 bridgehead atoms. The molecule has 0 saturated carbocycles. The van der Waals surface area contributed by atoms with Crippen LogP contribution in [0.15, 0.2) is 6.20 Å². The summed E-state index contributed by atoms with van der Waals surface area (Å²) in [6, 6.07) is 0. The molecule has 1 aromatic heterocycles. The zero-order valence-corrected chi connectivity index (χ0v) is 17.6. The number of aryl methyl sites for hydroxylation is 1. The third kappa shape index (κ3) is 14.4. The monoisotopic (exact) mass is 423 g/mol. The molecule has 0 aliphatic heterocycles. The van der Waals surface area contributed by atoms with Crippen LogP contribution in [0.1, 0.15) is 30.7 Å². The summed E-state index contributed by atoms with van der Waals surface area (Å²) in [7, 11) is 0. The molecule has 2 unspecified atom stereocenters. The number of carbonyl (C=O) groups excluding carboxylic acids is 2. The van der Waals surface area contributed by atoms with Crippen LogP contribution >= 0.6 is 12.4 Å². The first-order chi connectivity index (χ1) is 11.0. The number of halogens is 1. The van der Waals surface area contributed by atoms with Gasteiger partial charge in [-0.15, -0.1) is 12.4 Å². The normalized spacial score (nSPS) is 11.0. The van der Waals surface area contributed by atoms with Gasteiger partial charge in [0, 0.05) is 17.3 Å². The van der Waals surface area contributed by atoms with E-state index >= 15 is 0 Å². The molecule has 26 heavy (non-hydrogen) atoms. The van der Waals surface area contributed by atoms with Crippen molar-refractivity contribution < 1.29 is 45.3 Å². The van der Waals surface area contributed by atoms with Crippen LogP contribution in [0.4, 0.5) is 0 Å². The van der Waals surface area contributed by atoms with Gasteiger partial charge in [0.05, 0.1) is 43.1 Å². The minimum atomic E-state index is -1.44. The van der Waals surface area contributed by atoms with Gasteiger partial charge in [-0.3, -0.25) is 4.98 Å². The molecule has 0 aliphatic carbocycles. The van der Waals surface area contributed by atoms with Crippen molar-refractivity contribution in [2.24, 2.45) is 0 Å². The Morgan fingerprint density at radius 3 is 1.65 bits per heavy atom. The van der Waals surface area contributed by atoms with Crippen molar-refractivity contribution in [3.63, 3.8) is 0 Å². The molecular formula is C14H22CaClNO9. The molecule has 12 heteroatoms. The molecule has 0 radical (unpaired) electrons. The molecule has 1 heterocycles. The number of hydrogen-bond donors (Lipinski definition) is 5. The van der Waals surface area contributed by atoms with Crippen LogP contribution in [0.2, 0.25) is 0 Å². The van der Waals surface area contributed by atoms with E-state index in [0.717, 1.165) is 13.8 Å². The number of aliphatic hydroxyl groups is 4. The van der Waals surface area contributed by atoms with E-state index in [1.54, 1.807) is 6.92 Å². The van der Waals surface area contributed by atoms with E-state index < -0.39 is 24.1 Å². The Balaban J connectivity index is -0.000000149. The molecule has 0 aromatic carbocycles. The molecule has 146 valence electrons. The fraction of sp³-hybridized carbons (Fsp3) is 0.500. The molecule has 0 amide bonds. The van der Waals surface area contributed by atoms with Crippen molar-refractivity contribution in [1.29, 1.82) is 0 Å². The number of carboxylic acids is 2. The van der Waals surface area contributed by atoms with Crippen LogP contribution in [0.3, 0.4) is 0 Å². The van der Waals surface area contributed by atoms with Crippen LogP contribution in [-0.2, 0) is 22.8 Å². The van der Waals surface area contributed by atoms with E-state index in [4.69, 9.17) is 20.4 Å². The third-order valence-corrected chi connectivity index (χ3v) is 2.44. The minimum absolute atomic E-state index is 0. The van der Waals surface area contributed by atoms with E-state index in [1.165, 1.54) is 6.20 Å². The number of aromatic nitrogens is 1. The first-order valence-electron chi connectivity index (χ1n) is 6.65. The Bertz CT molecular complexity index is 523. The van der Waals surface area contributed by atoms with Crippen molar-refractivity contribution in [2.45, 2.75) is 46.2 Å². The summed E-state index contributed by atoms with van der Waals surface area (Å²) in [5.41, 5.74) is 1.27. The van der Waals surface area contributed by atoms with Crippen molar-refractivity contribution in [3.05, 3.63) is 23.0 Å². The minimum Gasteiger partial charge on any atom is -0.547 e. The maximum Gasteiger partial charge on any atom is 2.00 e. The molecule has 10 nitrogen and oxygen atoms in total. The molecule has 0 fully saturated rings. The van der Waals surface area contributed by atoms with E-state index in [0.29, 0.717) is 16.8 Å². The summed E-state index contributed by atoms with van der Waals surface area (Å²) in [6.07, 6.45) is -1.24. The van der Waals surface area contributed by atoms with Crippen LogP contribution < -0.4 is 10.2 Å². The molecule has 1 rings (SSSR count). The number of hydrogen-bond acceptors (Lipinski definition) is 10. The molecule has 5 N–H and O–H groups in total. The van der Waals surface area contributed by atoms with Crippen molar-refractivity contribution >= 4 is 62.1 Å². The Labute approximate surface area is 186 Å². The summed E-state index contributed by atoms with van der Waals surface area (Å²) in [6.45, 7) is 3.39. The van der Waals surface area contributed by atoms with Crippen LogP contribution in [0.25, 0.3) is 0 Å². The zero-order chi connectivity index (χ0) is 19.4. The van der Waals surface area contributed by atoms with Crippen LogP contribution in [0.5, 0.6) is 5.75 Å². The summed E-state index contributed by atoms with van der Waals surface area (Å²) in [4.78, 5) is 22.5. The second kappa shape index (κ2) is 17.7. The number of rotatable bonds is 4. The first kappa shape index (κ1) is 32.9. The van der Waals surface area contributed by atoms with Gasteiger partial charge < -0.3 is 45.3 Å². The summed E-state index contributed by atoms with van der Waals surface area (Å²) >= 11 is 0. The van der Waals surface area contributed by atoms with Gasteiger partial charge in [0.15, 0.2) is 0 Å². The first-order valence-corrected chi connectivity index (χ1v) is 6.65. The van der Waals surface area contributed by atoms with Crippen molar-refractivity contribution in [3.8, 4) is 5.75 Å². The van der Waals surface area contributed by atoms with Gasteiger partial charge in [0.2, 0.25) is 0 Å². The Morgan fingerprint density at radius 1 is 1.08 bits per heavy atom. The molecular weight excluding hydrogens is 402 g/mol. The summed E-state index contributed by atoms with van der Waals surface area (Å²) in [5, 5.41) is 61.6. The van der Waals surface area contributed by atoms with E-state index in [1.807, 2.05) is 0 Å². The molecule has 0 saturated heterocycles. The predicted molar refractivity (Wildman–Crippen MR) is 88.9 cm³/mol. The number of aliphatic hydroxyl groups excluding tert-OH is 4. The number of aromatic hydroxyl groups is 1. The number of nitrogens with zero attached hydrogens (tertiary/aromatic N) is 1. The van der Waals surface area contributed by atoms with Crippen molar-refractivity contribution in [2.75, 3.05) is 0 Å². The Kier molecular flexibility index (Phi) is 22.4. The molecule has 0 aliphatic rings. The maximum absolute atomic E-state index is 9.38. The SMILES string of the molecule is CC(O)C(=O)[O-].CC(O)C(=O)[O-].Cc1ncc(CO)c(CO)c1O.Cl.[Ca+2]. The Hall–Kier alpha value is -0.720. The van der Waals surface area contributed by atoms with E-state index in [9.17, 15) is 24.9 Å². The average Bonchev–Trinajstić information content (AvgIpc) is 2.50. The second-order valence-electron chi connectivity index (χ2n) is 4.50.